The Morgan fingerprint density at radius 2 is 1.90 bits per heavy atom. The van der Waals surface area contributed by atoms with Crippen LogP contribution in [0.5, 0.6) is 5.75 Å². The van der Waals surface area contributed by atoms with E-state index in [2.05, 4.69) is 20.5 Å². The zero-order valence-corrected chi connectivity index (χ0v) is 15.8. The topological polar surface area (TPSA) is 81.4 Å². The number of carbonyl (C=O) groups excluding carboxylic acids is 1. The minimum Gasteiger partial charge on any atom is -0.497 e. The van der Waals surface area contributed by atoms with Crippen molar-refractivity contribution in [2.75, 3.05) is 7.11 Å². The van der Waals surface area contributed by atoms with Gasteiger partial charge in [0.2, 0.25) is 0 Å². The van der Waals surface area contributed by atoms with Gasteiger partial charge in [-0.05, 0) is 54.1 Å². The van der Waals surface area contributed by atoms with Crippen molar-refractivity contribution in [2.45, 2.75) is 6.54 Å². The first kappa shape index (κ1) is 18.4. The number of rotatable bonds is 6. The molecule has 0 radical (unpaired) electrons. The number of pyridine rings is 1. The van der Waals surface area contributed by atoms with Crippen LogP contribution in [0.25, 0.3) is 22.6 Å². The van der Waals surface area contributed by atoms with E-state index in [9.17, 15) is 4.79 Å². The van der Waals surface area contributed by atoms with Gasteiger partial charge in [-0.25, -0.2) is 10.4 Å². The van der Waals surface area contributed by atoms with E-state index in [1.54, 1.807) is 19.5 Å². The molecule has 2 aromatic heterocycles. The molecule has 2 heterocycles. The zero-order valence-electron chi connectivity index (χ0n) is 15.8. The first-order valence-corrected chi connectivity index (χ1v) is 9.07. The quantitative estimate of drug-likeness (QED) is 0.408. The molecule has 0 aliphatic carbocycles. The van der Waals surface area contributed by atoms with Crippen molar-refractivity contribution in [3.05, 3.63) is 78.5 Å². The highest BCUT2D eigenvalue weighted by Gasteiger charge is 2.15. The van der Waals surface area contributed by atoms with E-state index >= 15 is 0 Å². The van der Waals surface area contributed by atoms with Crippen LogP contribution >= 0.6 is 0 Å². The van der Waals surface area contributed by atoms with Crippen LogP contribution in [-0.4, -0.2) is 33.8 Å². The van der Waals surface area contributed by atoms with E-state index in [0.29, 0.717) is 11.5 Å². The molecule has 4 aromatic rings. The van der Waals surface area contributed by atoms with Crippen molar-refractivity contribution in [3.8, 4) is 17.3 Å². The van der Waals surface area contributed by atoms with E-state index in [0.717, 1.165) is 22.3 Å². The van der Waals surface area contributed by atoms with Gasteiger partial charge in [0.1, 0.15) is 18.0 Å². The van der Waals surface area contributed by atoms with Crippen LogP contribution in [-0.2, 0) is 11.3 Å². The Balaban J connectivity index is 1.53. The van der Waals surface area contributed by atoms with Crippen molar-refractivity contribution in [2.24, 2.45) is 5.10 Å². The van der Waals surface area contributed by atoms with Gasteiger partial charge in [-0.2, -0.15) is 5.10 Å². The second-order valence-corrected chi connectivity index (χ2v) is 6.29. The number of carbonyl (C=O) groups is 1. The van der Waals surface area contributed by atoms with Gasteiger partial charge in [0.25, 0.3) is 5.91 Å². The van der Waals surface area contributed by atoms with Crippen LogP contribution in [0.15, 0.2) is 78.0 Å². The van der Waals surface area contributed by atoms with E-state index < -0.39 is 0 Å². The number of aromatic nitrogens is 3. The lowest BCUT2D eigenvalue weighted by Crippen LogP contribution is -2.23. The van der Waals surface area contributed by atoms with Gasteiger partial charge < -0.3 is 9.30 Å². The minimum absolute atomic E-state index is 0.0758. The average Bonchev–Trinajstić information content (AvgIpc) is 3.13. The van der Waals surface area contributed by atoms with Gasteiger partial charge in [0.05, 0.1) is 24.4 Å². The number of methoxy groups -OCH3 is 1. The summed E-state index contributed by atoms with van der Waals surface area (Å²) in [7, 11) is 1.61. The van der Waals surface area contributed by atoms with E-state index in [1.807, 2.05) is 71.3 Å². The Morgan fingerprint density at radius 3 is 2.66 bits per heavy atom. The number of hydrogen-bond acceptors (Lipinski definition) is 5. The third-order valence-corrected chi connectivity index (χ3v) is 4.37. The molecule has 0 saturated carbocycles. The maximum atomic E-state index is 12.5. The smallest absolute Gasteiger partial charge is 0.260 e. The first-order chi connectivity index (χ1) is 14.2. The van der Waals surface area contributed by atoms with Crippen molar-refractivity contribution in [3.63, 3.8) is 0 Å². The summed E-state index contributed by atoms with van der Waals surface area (Å²) in [6, 6.07) is 20.7. The lowest BCUT2D eigenvalue weighted by Gasteiger charge is -2.07. The number of imidazole rings is 1. The summed E-state index contributed by atoms with van der Waals surface area (Å²) in [5.41, 5.74) is 5.80. The van der Waals surface area contributed by atoms with Crippen LogP contribution in [0.2, 0.25) is 0 Å². The van der Waals surface area contributed by atoms with Crippen LogP contribution in [0.3, 0.4) is 0 Å². The third-order valence-electron chi connectivity index (χ3n) is 4.37. The van der Waals surface area contributed by atoms with E-state index in [-0.39, 0.29) is 12.5 Å². The van der Waals surface area contributed by atoms with Gasteiger partial charge in [-0.15, -0.1) is 0 Å². The Kier molecular flexibility index (Phi) is 5.29. The van der Waals surface area contributed by atoms with Crippen LogP contribution in [0, 0.1) is 0 Å². The standard InChI is InChI=1S/C22H19N5O2/c1-29-17-11-9-16(10-12-17)14-24-26-21(28)15-27-20-8-3-2-6-18(20)25-22(27)19-7-4-5-13-23-19/h2-14H,15H2,1H3,(H,26,28)/b24-14-. The molecule has 2 aromatic carbocycles. The molecular weight excluding hydrogens is 366 g/mol. The summed E-state index contributed by atoms with van der Waals surface area (Å²) < 4.78 is 6.97. The third kappa shape index (κ3) is 4.14. The average molecular weight is 385 g/mol. The van der Waals surface area contributed by atoms with E-state index in [4.69, 9.17) is 4.74 Å². The molecule has 7 nitrogen and oxygen atoms in total. The number of hydrazone groups is 1. The van der Waals surface area contributed by atoms with Crippen LogP contribution in [0.4, 0.5) is 0 Å². The Bertz CT molecular complexity index is 1150. The second kappa shape index (κ2) is 8.35. The molecule has 144 valence electrons. The van der Waals surface area contributed by atoms with Crippen molar-refractivity contribution in [1.82, 2.24) is 20.0 Å². The molecule has 4 rings (SSSR count). The highest BCUT2D eigenvalue weighted by Crippen LogP contribution is 2.23. The second-order valence-electron chi connectivity index (χ2n) is 6.29. The van der Waals surface area contributed by atoms with Gasteiger partial charge in [-0.1, -0.05) is 18.2 Å². The summed E-state index contributed by atoms with van der Waals surface area (Å²) in [6.45, 7) is 0.0758. The van der Waals surface area contributed by atoms with Gasteiger partial charge >= 0.3 is 0 Å². The summed E-state index contributed by atoms with van der Waals surface area (Å²) in [4.78, 5) is 21.5. The Hall–Kier alpha value is -4.00. The molecule has 29 heavy (non-hydrogen) atoms. The number of amides is 1. The molecule has 7 heteroatoms. The SMILES string of the molecule is COc1ccc(/C=N\NC(=O)Cn2c(-c3ccccn3)nc3ccccc32)cc1. The van der Waals surface area contributed by atoms with Gasteiger partial charge in [0.15, 0.2) is 5.82 Å². The normalized spacial score (nSPS) is 11.1. The summed E-state index contributed by atoms with van der Waals surface area (Å²) in [5, 5.41) is 4.05. The summed E-state index contributed by atoms with van der Waals surface area (Å²) in [5.74, 6) is 1.15. The first-order valence-electron chi connectivity index (χ1n) is 9.07. The number of fused-ring (bicyclic) bond motifs is 1. The lowest BCUT2D eigenvalue weighted by atomic mass is 10.2. The van der Waals surface area contributed by atoms with Crippen molar-refractivity contribution in [1.29, 1.82) is 0 Å². The monoisotopic (exact) mass is 385 g/mol. The van der Waals surface area contributed by atoms with Crippen LogP contribution in [0.1, 0.15) is 5.56 Å². The maximum absolute atomic E-state index is 12.5. The van der Waals surface area contributed by atoms with Crippen LogP contribution < -0.4 is 10.2 Å². The van der Waals surface area contributed by atoms with Gasteiger partial charge in [-0.3, -0.25) is 9.78 Å². The number of nitrogens with zero attached hydrogens (tertiary/aromatic N) is 4. The molecule has 0 unspecified atom stereocenters. The molecular formula is C22H19N5O2. The number of hydrogen-bond donors (Lipinski definition) is 1. The minimum atomic E-state index is -0.255. The molecule has 0 spiro atoms. The summed E-state index contributed by atoms with van der Waals surface area (Å²) >= 11 is 0. The number of benzene rings is 2. The molecule has 0 aliphatic rings. The Morgan fingerprint density at radius 1 is 1.10 bits per heavy atom. The summed E-state index contributed by atoms with van der Waals surface area (Å²) in [6.07, 6.45) is 3.29. The number of ether oxygens (including phenoxy) is 1. The fraction of sp³-hybridized carbons (Fsp3) is 0.0909. The molecule has 0 saturated heterocycles. The predicted octanol–water partition coefficient (Wildman–Crippen LogP) is 3.26. The van der Waals surface area contributed by atoms with E-state index in [1.165, 1.54) is 0 Å². The zero-order chi connectivity index (χ0) is 20.1. The highest BCUT2D eigenvalue weighted by molar-refractivity contribution is 5.85. The number of nitrogens with one attached hydrogen (secondary N) is 1. The molecule has 0 bridgehead atoms. The predicted molar refractivity (Wildman–Crippen MR) is 112 cm³/mol. The Labute approximate surface area is 167 Å². The number of para-hydroxylation sites is 2. The molecule has 0 fully saturated rings. The maximum Gasteiger partial charge on any atom is 0.260 e. The highest BCUT2D eigenvalue weighted by atomic mass is 16.5. The van der Waals surface area contributed by atoms with Crippen molar-refractivity contribution >= 4 is 23.2 Å². The largest absolute Gasteiger partial charge is 0.497 e. The molecule has 0 aliphatic heterocycles. The molecule has 0 atom stereocenters. The lowest BCUT2D eigenvalue weighted by molar-refractivity contribution is -0.121. The molecule has 1 amide bonds. The van der Waals surface area contributed by atoms with Gasteiger partial charge in [0, 0.05) is 6.20 Å². The molecule has 1 N–H and O–H groups in total. The fourth-order valence-electron chi connectivity index (χ4n) is 2.97. The van der Waals surface area contributed by atoms with Crippen molar-refractivity contribution < 1.29 is 9.53 Å². The fourth-order valence-corrected chi connectivity index (χ4v) is 2.97.